The second kappa shape index (κ2) is 4.57. The van der Waals surface area contributed by atoms with E-state index >= 15 is 0 Å². The highest BCUT2D eigenvalue weighted by Gasteiger charge is 2.48. The van der Waals surface area contributed by atoms with Gasteiger partial charge in [0.1, 0.15) is 17.8 Å². The average molecular weight is 204 g/mol. The Bertz CT molecular complexity index is 185. The highest BCUT2D eigenvalue weighted by atomic mass is 16.5. The normalized spacial score (nSPS) is 43.9. The largest absolute Gasteiger partial charge is 0.388 e. The van der Waals surface area contributed by atoms with Gasteiger partial charge in [0.2, 0.25) is 0 Å². The van der Waals surface area contributed by atoms with Crippen molar-refractivity contribution in [2.24, 2.45) is 0 Å². The van der Waals surface area contributed by atoms with Gasteiger partial charge in [-0.2, -0.15) is 0 Å². The van der Waals surface area contributed by atoms with Crippen LogP contribution in [0.1, 0.15) is 33.1 Å². The molecule has 1 rings (SSSR count). The lowest BCUT2D eigenvalue weighted by molar-refractivity contribution is -0.240. The minimum absolute atomic E-state index is 0.0940. The molecule has 14 heavy (non-hydrogen) atoms. The van der Waals surface area contributed by atoms with Gasteiger partial charge in [-0.05, 0) is 13.3 Å². The minimum atomic E-state index is -1.30. The summed E-state index contributed by atoms with van der Waals surface area (Å²) in [6.07, 6.45) is -0.285. The quantitative estimate of drug-likeness (QED) is 0.607. The summed E-state index contributed by atoms with van der Waals surface area (Å²) in [6, 6.07) is 0. The van der Waals surface area contributed by atoms with Crippen LogP contribution < -0.4 is 0 Å². The molecule has 0 aromatic carbocycles. The van der Waals surface area contributed by atoms with Gasteiger partial charge in [-0.15, -0.1) is 0 Å². The summed E-state index contributed by atoms with van der Waals surface area (Å²) in [4.78, 5) is 0. The van der Waals surface area contributed by atoms with E-state index in [-0.39, 0.29) is 6.61 Å². The van der Waals surface area contributed by atoms with E-state index in [1.807, 2.05) is 6.92 Å². The lowest BCUT2D eigenvalue weighted by atomic mass is 9.81. The molecular weight excluding hydrogens is 184 g/mol. The Hall–Kier alpha value is -0.160. The maximum Gasteiger partial charge on any atom is 0.119 e. The Morgan fingerprint density at radius 1 is 1.43 bits per heavy atom. The fraction of sp³-hybridized carbons (Fsp3) is 1.00. The van der Waals surface area contributed by atoms with Crippen LogP contribution in [0.5, 0.6) is 0 Å². The number of hydrogen-bond donors (Lipinski definition) is 3. The van der Waals surface area contributed by atoms with Crippen molar-refractivity contribution < 1.29 is 20.1 Å². The predicted octanol–water partition coefficient (Wildman–Crippen LogP) is 0.0482. The molecule has 0 bridgehead atoms. The van der Waals surface area contributed by atoms with Crippen LogP contribution in [0.25, 0.3) is 0 Å². The standard InChI is InChI=1S/C10H20O4/c1-3-4-5-10(13)7(2)14-6-8(11)9(10)12/h7-9,11-13H,3-6H2,1-2H3/t7?,8-,9?,10-/m1/s1. The first kappa shape index (κ1) is 11.9. The van der Waals surface area contributed by atoms with E-state index in [4.69, 9.17) is 4.74 Å². The summed E-state index contributed by atoms with van der Waals surface area (Å²) < 4.78 is 5.21. The van der Waals surface area contributed by atoms with E-state index in [0.29, 0.717) is 6.42 Å². The molecule has 0 aromatic rings. The van der Waals surface area contributed by atoms with Crippen molar-refractivity contribution in [1.82, 2.24) is 0 Å². The Balaban J connectivity index is 2.68. The molecule has 0 spiro atoms. The first-order valence-electron chi connectivity index (χ1n) is 5.22. The highest BCUT2D eigenvalue weighted by Crippen LogP contribution is 2.30. The summed E-state index contributed by atoms with van der Waals surface area (Å²) in [6.45, 7) is 3.84. The zero-order valence-corrected chi connectivity index (χ0v) is 8.81. The Morgan fingerprint density at radius 3 is 2.64 bits per heavy atom. The third-order valence-electron chi connectivity index (χ3n) is 3.03. The second-order valence-corrected chi connectivity index (χ2v) is 4.08. The first-order chi connectivity index (χ1) is 6.52. The lowest BCUT2D eigenvalue weighted by Gasteiger charge is -2.44. The molecule has 0 aromatic heterocycles. The van der Waals surface area contributed by atoms with E-state index in [0.717, 1.165) is 12.8 Å². The van der Waals surface area contributed by atoms with Crippen LogP contribution in [0.15, 0.2) is 0 Å². The van der Waals surface area contributed by atoms with Gasteiger partial charge in [-0.1, -0.05) is 19.8 Å². The summed E-state index contributed by atoms with van der Waals surface area (Å²) in [5.41, 5.74) is -1.30. The number of ether oxygens (including phenoxy) is 1. The molecule has 4 nitrogen and oxygen atoms in total. The summed E-state index contributed by atoms with van der Waals surface area (Å²) >= 11 is 0. The molecule has 1 saturated heterocycles. The molecule has 84 valence electrons. The number of unbranched alkanes of at least 4 members (excludes halogenated alkanes) is 1. The fourth-order valence-corrected chi connectivity index (χ4v) is 1.86. The third-order valence-corrected chi connectivity index (χ3v) is 3.03. The van der Waals surface area contributed by atoms with E-state index in [9.17, 15) is 15.3 Å². The molecule has 0 saturated carbocycles. The number of aliphatic hydroxyl groups excluding tert-OH is 2. The number of rotatable bonds is 3. The van der Waals surface area contributed by atoms with Crippen LogP contribution >= 0.6 is 0 Å². The molecule has 0 radical (unpaired) electrons. The molecule has 1 heterocycles. The molecule has 0 aliphatic carbocycles. The summed E-state index contributed by atoms with van der Waals surface area (Å²) in [5, 5.41) is 29.3. The van der Waals surface area contributed by atoms with Crippen molar-refractivity contribution >= 4 is 0 Å². The van der Waals surface area contributed by atoms with E-state index in [1.54, 1.807) is 6.92 Å². The molecule has 4 atom stereocenters. The molecule has 1 aliphatic heterocycles. The predicted molar refractivity (Wildman–Crippen MR) is 51.9 cm³/mol. The van der Waals surface area contributed by atoms with Gasteiger partial charge < -0.3 is 20.1 Å². The third kappa shape index (κ3) is 2.08. The van der Waals surface area contributed by atoms with Gasteiger partial charge in [0.25, 0.3) is 0 Å². The van der Waals surface area contributed by atoms with Crippen molar-refractivity contribution in [3.05, 3.63) is 0 Å². The van der Waals surface area contributed by atoms with Crippen LogP contribution in [0, 0.1) is 0 Å². The van der Waals surface area contributed by atoms with Crippen LogP contribution in [0.3, 0.4) is 0 Å². The van der Waals surface area contributed by atoms with Gasteiger partial charge >= 0.3 is 0 Å². The van der Waals surface area contributed by atoms with E-state index in [1.165, 1.54) is 0 Å². The molecular formula is C10H20O4. The SMILES string of the molecule is CCCC[C@@]1(O)C(C)OC[C@@H](O)C1O. The van der Waals surface area contributed by atoms with Crippen LogP contribution in [-0.2, 0) is 4.74 Å². The molecule has 0 amide bonds. The molecule has 1 aliphatic rings. The Kier molecular flexibility index (Phi) is 3.89. The Morgan fingerprint density at radius 2 is 2.07 bits per heavy atom. The highest BCUT2D eigenvalue weighted by molar-refractivity contribution is 4.98. The van der Waals surface area contributed by atoms with Crippen molar-refractivity contribution in [1.29, 1.82) is 0 Å². The zero-order valence-electron chi connectivity index (χ0n) is 8.81. The van der Waals surface area contributed by atoms with Gasteiger partial charge in [-0.3, -0.25) is 0 Å². The number of hydrogen-bond acceptors (Lipinski definition) is 4. The summed E-state index contributed by atoms with van der Waals surface area (Å²) in [7, 11) is 0. The van der Waals surface area contributed by atoms with Gasteiger partial charge in [-0.25, -0.2) is 0 Å². The maximum atomic E-state index is 10.2. The maximum absolute atomic E-state index is 10.2. The monoisotopic (exact) mass is 204 g/mol. The van der Waals surface area contributed by atoms with Gasteiger partial charge in [0.15, 0.2) is 0 Å². The van der Waals surface area contributed by atoms with Crippen molar-refractivity contribution in [3.8, 4) is 0 Å². The van der Waals surface area contributed by atoms with Crippen molar-refractivity contribution in [3.63, 3.8) is 0 Å². The molecule has 1 fully saturated rings. The molecule has 4 heteroatoms. The smallest absolute Gasteiger partial charge is 0.119 e. The topological polar surface area (TPSA) is 69.9 Å². The van der Waals surface area contributed by atoms with Crippen LogP contribution in [0.2, 0.25) is 0 Å². The zero-order chi connectivity index (χ0) is 10.8. The van der Waals surface area contributed by atoms with Crippen LogP contribution in [0.4, 0.5) is 0 Å². The minimum Gasteiger partial charge on any atom is -0.388 e. The Labute approximate surface area is 84.5 Å². The summed E-state index contributed by atoms with van der Waals surface area (Å²) in [5.74, 6) is 0. The average Bonchev–Trinajstić information content (AvgIpc) is 2.18. The van der Waals surface area contributed by atoms with Crippen LogP contribution in [-0.4, -0.2) is 45.8 Å². The van der Waals surface area contributed by atoms with Gasteiger partial charge in [0, 0.05) is 0 Å². The first-order valence-corrected chi connectivity index (χ1v) is 5.22. The van der Waals surface area contributed by atoms with E-state index < -0.39 is 23.9 Å². The molecule has 3 N–H and O–H groups in total. The lowest BCUT2D eigenvalue weighted by Crippen LogP contribution is -2.61. The van der Waals surface area contributed by atoms with Crippen molar-refractivity contribution in [2.45, 2.75) is 57.0 Å². The molecule has 2 unspecified atom stereocenters. The fourth-order valence-electron chi connectivity index (χ4n) is 1.86. The number of aliphatic hydroxyl groups is 3. The second-order valence-electron chi connectivity index (χ2n) is 4.08. The van der Waals surface area contributed by atoms with E-state index in [2.05, 4.69) is 0 Å². The van der Waals surface area contributed by atoms with Gasteiger partial charge in [0.05, 0.1) is 12.7 Å². The van der Waals surface area contributed by atoms with Crippen molar-refractivity contribution in [2.75, 3.05) is 6.61 Å².